The number of allylic oxidation sites excluding steroid dienone is 1. The Kier molecular flexibility index (Phi) is 7.75. The van der Waals surface area contributed by atoms with Crippen molar-refractivity contribution >= 4 is 38.9 Å². The number of sulfone groups is 1. The maximum atomic E-state index is 12.5. The van der Waals surface area contributed by atoms with Gasteiger partial charge in [-0.1, -0.05) is 30.7 Å². The summed E-state index contributed by atoms with van der Waals surface area (Å²) in [7, 11) is -3.02. The van der Waals surface area contributed by atoms with Crippen molar-refractivity contribution in [1.82, 2.24) is 14.8 Å². The number of anilines is 2. The van der Waals surface area contributed by atoms with E-state index >= 15 is 0 Å². The monoisotopic (exact) mass is 489 g/mol. The average Bonchev–Trinajstić information content (AvgIpc) is 3.23. The first-order chi connectivity index (χ1) is 15.9. The molecule has 2 fully saturated rings. The van der Waals surface area contributed by atoms with Crippen molar-refractivity contribution in [1.29, 1.82) is 0 Å². The Morgan fingerprint density at radius 1 is 1.15 bits per heavy atom. The van der Waals surface area contributed by atoms with Gasteiger partial charge in [-0.2, -0.15) is 0 Å². The highest BCUT2D eigenvalue weighted by Gasteiger charge is 2.33. The molecule has 10 heteroatoms. The van der Waals surface area contributed by atoms with Crippen LogP contribution in [0.3, 0.4) is 0 Å². The van der Waals surface area contributed by atoms with Crippen LogP contribution >= 0.6 is 11.8 Å². The van der Waals surface area contributed by atoms with Crippen LogP contribution in [0.15, 0.2) is 42.1 Å². The minimum atomic E-state index is -3.02. The summed E-state index contributed by atoms with van der Waals surface area (Å²) < 4.78 is 25.6. The summed E-state index contributed by atoms with van der Waals surface area (Å²) >= 11 is 1.29. The van der Waals surface area contributed by atoms with Crippen molar-refractivity contribution in [2.24, 2.45) is 0 Å². The van der Waals surface area contributed by atoms with E-state index in [4.69, 9.17) is 0 Å². The molecule has 8 nitrogen and oxygen atoms in total. The second-order valence-electron chi connectivity index (χ2n) is 8.63. The molecule has 1 N–H and O–H groups in total. The van der Waals surface area contributed by atoms with Gasteiger partial charge in [0, 0.05) is 36.9 Å². The molecule has 1 aromatic heterocycles. The van der Waals surface area contributed by atoms with Crippen molar-refractivity contribution in [3.8, 4) is 0 Å². The molecule has 1 atom stereocenters. The first kappa shape index (κ1) is 23.8. The Morgan fingerprint density at radius 3 is 2.52 bits per heavy atom. The second kappa shape index (κ2) is 10.7. The van der Waals surface area contributed by atoms with E-state index in [1.54, 1.807) is 6.08 Å². The van der Waals surface area contributed by atoms with Gasteiger partial charge in [-0.3, -0.25) is 4.79 Å². The van der Waals surface area contributed by atoms with Gasteiger partial charge < -0.3 is 14.8 Å². The molecule has 3 heterocycles. The Labute approximate surface area is 199 Å². The van der Waals surface area contributed by atoms with Gasteiger partial charge in [0.15, 0.2) is 15.0 Å². The zero-order valence-electron chi connectivity index (χ0n) is 18.8. The predicted molar refractivity (Wildman–Crippen MR) is 133 cm³/mol. The van der Waals surface area contributed by atoms with Crippen molar-refractivity contribution in [3.05, 3.63) is 42.7 Å². The fourth-order valence-corrected chi connectivity index (χ4v) is 6.91. The highest BCUT2D eigenvalue weighted by Crippen LogP contribution is 2.30. The standard InChI is InChI=1S/C23H31N5O3S2/c1-2-12-28-22(18-11-15-33(30,31)17-18)25-26-23(28)32-16-21(29)24-19-7-9-20(10-8-19)27-13-5-3-4-6-14-27/h2,7-10,18H,1,3-6,11-17H2,(H,24,29). The highest BCUT2D eigenvalue weighted by molar-refractivity contribution is 7.99. The Bertz CT molecular complexity index is 1070. The molecule has 0 aliphatic carbocycles. The zero-order chi connectivity index (χ0) is 23.3. The number of aromatic nitrogens is 3. The predicted octanol–water partition coefficient (Wildman–Crippen LogP) is 3.48. The van der Waals surface area contributed by atoms with Crippen LogP contribution in [0, 0.1) is 0 Å². The topological polar surface area (TPSA) is 97.2 Å². The largest absolute Gasteiger partial charge is 0.372 e. The first-order valence-corrected chi connectivity index (χ1v) is 14.3. The number of amides is 1. The number of thioether (sulfide) groups is 1. The highest BCUT2D eigenvalue weighted by atomic mass is 32.2. The lowest BCUT2D eigenvalue weighted by molar-refractivity contribution is -0.113. The molecule has 0 radical (unpaired) electrons. The van der Waals surface area contributed by atoms with E-state index < -0.39 is 9.84 Å². The maximum absolute atomic E-state index is 12.5. The molecule has 1 aromatic carbocycles. The molecule has 4 rings (SSSR count). The van der Waals surface area contributed by atoms with Crippen LogP contribution in [0.25, 0.3) is 0 Å². The summed E-state index contributed by atoms with van der Waals surface area (Å²) in [5, 5.41) is 12.0. The number of hydrogen-bond donors (Lipinski definition) is 1. The van der Waals surface area contributed by atoms with Gasteiger partial charge in [-0.15, -0.1) is 16.8 Å². The van der Waals surface area contributed by atoms with E-state index in [-0.39, 0.29) is 29.1 Å². The molecule has 2 aliphatic heterocycles. The van der Waals surface area contributed by atoms with Crippen LogP contribution < -0.4 is 10.2 Å². The van der Waals surface area contributed by atoms with Gasteiger partial charge in [0.1, 0.15) is 5.82 Å². The van der Waals surface area contributed by atoms with E-state index in [2.05, 4.69) is 39.1 Å². The molecule has 178 valence electrons. The van der Waals surface area contributed by atoms with Crippen LogP contribution in [0.2, 0.25) is 0 Å². The number of hydrogen-bond acceptors (Lipinski definition) is 7. The summed E-state index contributed by atoms with van der Waals surface area (Å²) in [4.78, 5) is 14.9. The Balaban J connectivity index is 1.34. The molecular formula is C23H31N5O3S2. The molecule has 1 amide bonds. The number of rotatable bonds is 8. The van der Waals surface area contributed by atoms with Crippen LogP contribution in [0.4, 0.5) is 11.4 Å². The molecule has 0 spiro atoms. The summed E-state index contributed by atoms with van der Waals surface area (Å²) in [6.07, 6.45) is 7.33. The SMILES string of the molecule is C=CCn1c(SCC(=O)Nc2ccc(N3CCCCCC3)cc2)nnc1C1CCS(=O)(=O)C1. The Hall–Kier alpha value is -2.33. The molecule has 2 aliphatic rings. The number of nitrogens with zero attached hydrogens (tertiary/aromatic N) is 4. The normalized spacial score (nSPS) is 20.4. The summed E-state index contributed by atoms with van der Waals surface area (Å²) in [6, 6.07) is 8.02. The van der Waals surface area contributed by atoms with Crippen molar-refractivity contribution in [2.75, 3.05) is 40.6 Å². The number of carbonyl (C=O) groups is 1. The van der Waals surface area contributed by atoms with Crippen LogP contribution in [0.1, 0.15) is 43.8 Å². The Morgan fingerprint density at radius 2 is 1.88 bits per heavy atom. The molecule has 2 aromatic rings. The van der Waals surface area contributed by atoms with E-state index in [0.29, 0.717) is 23.9 Å². The number of carbonyl (C=O) groups excluding carboxylic acids is 1. The van der Waals surface area contributed by atoms with E-state index in [1.165, 1.54) is 43.1 Å². The maximum Gasteiger partial charge on any atom is 0.234 e. The number of nitrogens with one attached hydrogen (secondary N) is 1. The second-order valence-corrected chi connectivity index (χ2v) is 11.8. The van der Waals surface area contributed by atoms with E-state index in [0.717, 1.165) is 18.8 Å². The summed E-state index contributed by atoms with van der Waals surface area (Å²) in [5.41, 5.74) is 1.96. The third kappa shape index (κ3) is 6.17. The molecule has 2 saturated heterocycles. The van der Waals surface area contributed by atoms with Gasteiger partial charge in [-0.05, 0) is 43.5 Å². The van der Waals surface area contributed by atoms with Gasteiger partial charge in [-0.25, -0.2) is 8.42 Å². The van der Waals surface area contributed by atoms with Crippen LogP contribution in [-0.2, 0) is 21.2 Å². The van der Waals surface area contributed by atoms with E-state index in [1.807, 2.05) is 16.7 Å². The van der Waals surface area contributed by atoms with E-state index in [9.17, 15) is 13.2 Å². The zero-order valence-corrected chi connectivity index (χ0v) is 20.4. The van der Waals surface area contributed by atoms with Crippen molar-refractivity contribution < 1.29 is 13.2 Å². The fraction of sp³-hybridized carbons (Fsp3) is 0.522. The average molecular weight is 490 g/mol. The molecule has 0 saturated carbocycles. The van der Waals surface area contributed by atoms with Gasteiger partial charge in [0.2, 0.25) is 5.91 Å². The van der Waals surface area contributed by atoms with Crippen molar-refractivity contribution in [2.45, 2.75) is 49.7 Å². The fourth-order valence-electron chi connectivity index (χ4n) is 4.42. The smallest absolute Gasteiger partial charge is 0.234 e. The molecule has 0 bridgehead atoms. The third-order valence-corrected chi connectivity index (χ3v) is 8.84. The first-order valence-electron chi connectivity index (χ1n) is 11.5. The van der Waals surface area contributed by atoms with Gasteiger partial charge >= 0.3 is 0 Å². The van der Waals surface area contributed by atoms with Crippen LogP contribution in [-0.4, -0.2) is 59.4 Å². The lowest BCUT2D eigenvalue weighted by atomic mass is 10.1. The third-order valence-electron chi connectivity index (χ3n) is 6.11. The quantitative estimate of drug-likeness (QED) is 0.448. The minimum Gasteiger partial charge on any atom is -0.372 e. The molecule has 1 unspecified atom stereocenters. The number of benzene rings is 1. The summed E-state index contributed by atoms with van der Waals surface area (Å²) in [5.74, 6) is 0.838. The molecular weight excluding hydrogens is 458 g/mol. The van der Waals surface area contributed by atoms with Gasteiger partial charge in [0.05, 0.1) is 17.3 Å². The summed E-state index contributed by atoms with van der Waals surface area (Å²) in [6.45, 7) is 6.43. The lowest BCUT2D eigenvalue weighted by Gasteiger charge is -2.22. The molecule has 33 heavy (non-hydrogen) atoms. The minimum absolute atomic E-state index is 0.0981. The van der Waals surface area contributed by atoms with Gasteiger partial charge in [0.25, 0.3) is 0 Å². The van der Waals surface area contributed by atoms with Crippen molar-refractivity contribution in [3.63, 3.8) is 0 Å². The van der Waals surface area contributed by atoms with Crippen LogP contribution in [0.5, 0.6) is 0 Å². The lowest BCUT2D eigenvalue weighted by Crippen LogP contribution is -2.23.